The second-order valence-corrected chi connectivity index (χ2v) is 9.58. The highest BCUT2D eigenvalue weighted by atomic mass is 32.1. The Balaban J connectivity index is 2.57. The zero-order valence-electron chi connectivity index (χ0n) is 19.4. The molecule has 0 saturated heterocycles. The van der Waals surface area contributed by atoms with Crippen LogP contribution in [0.15, 0.2) is 22.4 Å². The first-order valence-corrected chi connectivity index (χ1v) is 11.4. The first-order chi connectivity index (χ1) is 15.5. The molecule has 0 aromatic carbocycles. The van der Waals surface area contributed by atoms with Crippen LogP contribution in [0.5, 0.6) is 0 Å². The normalized spacial score (nSPS) is 13.3. The van der Waals surface area contributed by atoms with Crippen LogP contribution in [-0.2, 0) is 25.7 Å². The van der Waals surface area contributed by atoms with E-state index in [4.69, 9.17) is 4.74 Å². The summed E-state index contributed by atoms with van der Waals surface area (Å²) in [6.07, 6.45) is 1.85. The maximum Gasteiger partial charge on any atom is 0.316 e. The molecule has 2 unspecified atom stereocenters. The molecule has 180 valence electrons. The molecule has 9 nitrogen and oxygen atoms in total. The van der Waals surface area contributed by atoms with Gasteiger partial charge in [-0.15, -0.1) is 11.3 Å². The molecule has 0 spiro atoms. The summed E-state index contributed by atoms with van der Waals surface area (Å²) < 4.78 is 20.0. The highest BCUT2D eigenvalue weighted by Gasteiger charge is 2.40. The molecule has 0 radical (unpaired) electrons. The van der Waals surface area contributed by atoms with Crippen LogP contribution in [0.4, 0.5) is 4.39 Å². The standard InChI is InChI=1S/C22H29FN4O5S/c1-6-7-17(29)26-19(16(28)10-23)18(21(31)32-22(3,4)5)15-8-9-24-27(20(15)30)11-14-12-33-13(2)25-14/h8-9,12,18-19H,6-7,10-11H2,1-5H3,(H,26,29). The molecular weight excluding hydrogens is 451 g/mol. The zero-order chi connectivity index (χ0) is 24.8. The quantitative estimate of drug-likeness (QED) is 0.518. The number of esters is 1. The number of hydrogen-bond donors (Lipinski definition) is 1. The maximum atomic E-state index is 13.5. The Morgan fingerprint density at radius 1 is 1.30 bits per heavy atom. The van der Waals surface area contributed by atoms with Crippen molar-refractivity contribution in [1.29, 1.82) is 0 Å². The lowest BCUT2D eigenvalue weighted by Crippen LogP contribution is -2.50. The smallest absolute Gasteiger partial charge is 0.316 e. The van der Waals surface area contributed by atoms with Gasteiger partial charge >= 0.3 is 5.97 Å². The number of carbonyl (C=O) groups is 3. The van der Waals surface area contributed by atoms with Crippen LogP contribution in [0.3, 0.4) is 0 Å². The molecule has 1 amide bonds. The van der Waals surface area contributed by atoms with Crippen molar-refractivity contribution in [2.45, 2.75) is 71.6 Å². The number of amides is 1. The molecule has 33 heavy (non-hydrogen) atoms. The molecule has 2 atom stereocenters. The van der Waals surface area contributed by atoms with Gasteiger partial charge in [0.25, 0.3) is 5.56 Å². The number of thiazole rings is 1. The average Bonchev–Trinajstić information content (AvgIpc) is 3.13. The Hall–Kier alpha value is -2.95. The number of halogens is 1. The van der Waals surface area contributed by atoms with E-state index >= 15 is 0 Å². The van der Waals surface area contributed by atoms with Crippen molar-refractivity contribution in [2.75, 3.05) is 6.67 Å². The average molecular weight is 481 g/mol. The van der Waals surface area contributed by atoms with Crippen molar-refractivity contribution in [3.63, 3.8) is 0 Å². The number of rotatable bonds is 10. The second kappa shape index (κ2) is 11.3. The first kappa shape index (κ1) is 26.3. The van der Waals surface area contributed by atoms with E-state index < -0.39 is 47.5 Å². The second-order valence-electron chi connectivity index (χ2n) is 8.51. The van der Waals surface area contributed by atoms with E-state index in [-0.39, 0.29) is 18.5 Å². The number of Topliss-reactive ketones (excluding diaryl/α,β-unsaturated/α-hetero) is 1. The zero-order valence-corrected chi connectivity index (χ0v) is 20.2. The number of hydrogen-bond acceptors (Lipinski definition) is 8. The summed E-state index contributed by atoms with van der Waals surface area (Å²) in [7, 11) is 0. The van der Waals surface area contributed by atoms with Crippen molar-refractivity contribution < 1.29 is 23.5 Å². The summed E-state index contributed by atoms with van der Waals surface area (Å²) in [5, 5.41) is 9.06. The van der Waals surface area contributed by atoms with Gasteiger partial charge in [-0.2, -0.15) is 5.10 Å². The monoisotopic (exact) mass is 480 g/mol. The van der Waals surface area contributed by atoms with Gasteiger partial charge in [-0.25, -0.2) is 14.1 Å². The predicted molar refractivity (Wildman–Crippen MR) is 121 cm³/mol. The van der Waals surface area contributed by atoms with Gasteiger partial charge in [-0.3, -0.25) is 19.2 Å². The predicted octanol–water partition coefficient (Wildman–Crippen LogP) is 2.31. The number of nitrogens with one attached hydrogen (secondary N) is 1. The van der Waals surface area contributed by atoms with E-state index in [0.717, 1.165) is 9.69 Å². The van der Waals surface area contributed by atoms with Gasteiger partial charge in [-0.05, 0) is 40.2 Å². The fourth-order valence-corrected chi connectivity index (χ4v) is 3.77. The van der Waals surface area contributed by atoms with Crippen LogP contribution in [0.25, 0.3) is 0 Å². The minimum absolute atomic E-state index is 0.0436. The number of aromatic nitrogens is 3. The molecule has 0 aliphatic carbocycles. The molecule has 0 aliphatic rings. The van der Waals surface area contributed by atoms with Crippen molar-refractivity contribution in [1.82, 2.24) is 20.1 Å². The molecule has 2 aromatic rings. The van der Waals surface area contributed by atoms with Gasteiger partial charge in [0.2, 0.25) is 5.91 Å². The summed E-state index contributed by atoms with van der Waals surface area (Å²) in [6.45, 7) is 7.08. The highest BCUT2D eigenvalue weighted by Crippen LogP contribution is 2.23. The molecule has 0 fully saturated rings. The van der Waals surface area contributed by atoms with Crippen LogP contribution in [0.1, 0.15) is 62.7 Å². The van der Waals surface area contributed by atoms with Crippen molar-refractivity contribution in [3.05, 3.63) is 44.3 Å². The van der Waals surface area contributed by atoms with Crippen LogP contribution in [-0.4, -0.2) is 50.7 Å². The summed E-state index contributed by atoms with van der Waals surface area (Å²) in [5.74, 6) is -4.05. The summed E-state index contributed by atoms with van der Waals surface area (Å²) in [6, 6.07) is -0.321. The topological polar surface area (TPSA) is 120 Å². The molecule has 2 heterocycles. The number of aryl methyl sites for hydroxylation is 1. The third-order valence-corrected chi connectivity index (χ3v) is 5.34. The lowest BCUT2D eigenvalue weighted by Gasteiger charge is -2.28. The van der Waals surface area contributed by atoms with Gasteiger partial charge in [0.05, 0.1) is 17.2 Å². The number of alkyl halides is 1. The maximum absolute atomic E-state index is 13.5. The van der Waals surface area contributed by atoms with Gasteiger partial charge in [-0.1, -0.05) is 6.92 Å². The number of nitrogens with zero attached hydrogens (tertiary/aromatic N) is 3. The molecule has 11 heteroatoms. The summed E-state index contributed by atoms with van der Waals surface area (Å²) >= 11 is 1.41. The lowest BCUT2D eigenvalue weighted by atomic mass is 9.89. The Labute approximate surface area is 195 Å². The van der Waals surface area contributed by atoms with Crippen LogP contribution < -0.4 is 10.9 Å². The first-order valence-electron chi connectivity index (χ1n) is 10.5. The third kappa shape index (κ3) is 7.28. The van der Waals surface area contributed by atoms with E-state index in [0.29, 0.717) is 12.1 Å². The fourth-order valence-electron chi connectivity index (χ4n) is 3.16. The van der Waals surface area contributed by atoms with Gasteiger partial charge in [0.1, 0.15) is 24.2 Å². The van der Waals surface area contributed by atoms with E-state index in [1.165, 1.54) is 23.6 Å². The molecule has 0 aliphatic heterocycles. The Kier molecular flexibility index (Phi) is 8.98. The molecule has 0 saturated carbocycles. The molecule has 2 rings (SSSR count). The molecule has 2 aromatic heterocycles. The number of carbonyl (C=O) groups excluding carboxylic acids is 3. The van der Waals surface area contributed by atoms with E-state index in [1.54, 1.807) is 33.1 Å². The van der Waals surface area contributed by atoms with Gasteiger partial charge in [0.15, 0.2) is 5.78 Å². The summed E-state index contributed by atoms with van der Waals surface area (Å²) in [5.41, 5.74) is -1.14. The minimum Gasteiger partial charge on any atom is -0.459 e. The highest BCUT2D eigenvalue weighted by molar-refractivity contribution is 7.09. The molecule has 1 N–H and O–H groups in total. The van der Waals surface area contributed by atoms with Crippen molar-refractivity contribution in [3.8, 4) is 0 Å². The Morgan fingerprint density at radius 2 is 2.00 bits per heavy atom. The van der Waals surface area contributed by atoms with Crippen LogP contribution in [0, 0.1) is 6.92 Å². The van der Waals surface area contributed by atoms with Crippen LogP contribution >= 0.6 is 11.3 Å². The van der Waals surface area contributed by atoms with Crippen LogP contribution in [0.2, 0.25) is 0 Å². The largest absolute Gasteiger partial charge is 0.459 e. The van der Waals surface area contributed by atoms with Gasteiger partial charge < -0.3 is 10.1 Å². The molecule has 0 bridgehead atoms. The summed E-state index contributed by atoms with van der Waals surface area (Å²) in [4.78, 5) is 55.5. The van der Waals surface area contributed by atoms with E-state index in [9.17, 15) is 23.6 Å². The fraction of sp³-hybridized carbons (Fsp3) is 0.545. The Bertz CT molecular complexity index is 1060. The minimum atomic E-state index is -1.60. The SMILES string of the molecule is CCCC(=O)NC(C(=O)CF)C(C(=O)OC(C)(C)C)c1ccnn(Cc2csc(C)n2)c1=O. The number of ketones is 1. The number of ether oxygens (including phenoxy) is 1. The van der Waals surface area contributed by atoms with E-state index in [1.807, 2.05) is 6.92 Å². The van der Waals surface area contributed by atoms with Crippen molar-refractivity contribution >= 4 is 29.0 Å². The Morgan fingerprint density at radius 3 is 2.55 bits per heavy atom. The lowest BCUT2D eigenvalue weighted by molar-refractivity contribution is -0.158. The van der Waals surface area contributed by atoms with Crippen molar-refractivity contribution in [2.24, 2.45) is 0 Å². The van der Waals surface area contributed by atoms with Gasteiger partial charge in [0, 0.05) is 23.6 Å². The third-order valence-electron chi connectivity index (χ3n) is 4.52. The van der Waals surface area contributed by atoms with E-state index in [2.05, 4.69) is 15.4 Å². The molecular formula is C22H29FN4O5S.